The van der Waals surface area contributed by atoms with Crippen LogP contribution in [-0.4, -0.2) is 38.5 Å². The van der Waals surface area contributed by atoms with Crippen LogP contribution in [0.2, 0.25) is 5.02 Å². The van der Waals surface area contributed by atoms with Crippen molar-refractivity contribution in [3.05, 3.63) is 69.3 Å². The molecule has 0 radical (unpaired) electrons. The van der Waals surface area contributed by atoms with Crippen molar-refractivity contribution >= 4 is 39.9 Å². The monoisotopic (exact) mass is 508 g/mol. The highest BCUT2D eigenvalue weighted by atomic mass is 35.5. The molecule has 2 atom stereocenters. The minimum Gasteiger partial charge on any atom is -0.481 e. The Hall–Kier alpha value is -2.62. The number of hydrogen-bond donors (Lipinski definition) is 2. The third-order valence-corrected chi connectivity index (χ3v) is 7.16. The van der Waals surface area contributed by atoms with Crippen molar-refractivity contribution in [1.29, 1.82) is 0 Å². The van der Waals surface area contributed by atoms with E-state index in [2.05, 4.69) is 15.3 Å². The van der Waals surface area contributed by atoms with Gasteiger partial charge >= 0.3 is 5.97 Å². The van der Waals surface area contributed by atoms with Crippen LogP contribution >= 0.6 is 22.9 Å². The van der Waals surface area contributed by atoms with Crippen LogP contribution in [0.1, 0.15) is 39.5 Å². The number of carboxylic acid groups (broad SMARTS) is 1. The second kappa shape index (κ2) is 9.93. The summed E-state index contributed by atoms with van der Waals surface area (Å²) < 4.78 is 46.6. The van der Waals surface area contributed by atoms with Crippen LogP contribution in [0.3, 0.4) is 0 Å². The number of likely N-dealkylation sites (tertiary alicyclic amines) is 1. The van der Waals surface area contributed by atoms with E-state index in [0.29, 0.717) is 10.9 Å². The number of aromatic nitrogens is 2. The van der Waals surface area contributed by atoms with E-state index in [1.807, 2.05) is 12.3 Å². The zero-order chi connectivity index (χ0) is 26.3. The molecule has 3 heterocycles. The average molecular weight is 509 g/mol. The van der Waals surface area contributed by atoms with Crippen LogP contribution in [-0.2, 0) is 17.7 Å². The molecule has 10 heteroatoms. The average Bonchev–Trinajstić information content (AvgIpc) is 3.22. The molecule has 1 fully saturated rings. The van der Waals surface area contributed by atoms with Crippen LogP contribution in [0.4, 0.5) is 19.7 Å². The van der Waals surface area contributed by atoms with Gasteiger partial charge in [-0.3, -0.25) is 9.69 Å². The van der Waals surface area contributed by atoms with Crippen LogP contribution < -0.4 is 5.32 Å². The molecule has 2 N–H and O–H groups in total. The van der Waals surface area contributed by atoms with E-state index >= 15 is 0 Å². The summed E-state index contributed by atoms with van der Waals surface area (Å²) in [6, 6.07) is 6.24. The van der Waals surface area contributed by atoms with Crippen molar-refractivity contribution < 1.29 is 21.4 Å². The molecule has 0 amide bonds. The summed E-state index contributed by atoms with van der Waals surface area (Å²) in [4.78, 5) is 22.5. The molecule has 4 rings (SSSR count). The quantitative estimate of drug-likeness (QED) is 0.418. The molecule has 1 aliphatic heterocycles. The smallest absolute Gasteiger partial charge is 0.310 e. The maximum Gasteiger partial charge on any atom is 0.310 e. The molecule has 0 spiro atoms. The number of aliphatic carboxylic acids is 1. The first-order valence-corrected chi connectivity index (χ1v) is 12.0. The summed E-state index contributed by atoms with van der Waals surface area (Å²) in [5.41, 5.74) is -0.759. The van der Waals surface area contributed by atoms with Gasteiger partial charge in [0.25, 0.3) is 0 Å². The Morgan fingerprint density at radius 2 is 2.18 bits per heavy atom. The fourth-order valence-corrected chi connectivity index (χ4v) is 5.06. The second-order valence-electron chi connectivity index (χ2n) is 8.52. The minimum absolute atomic E-state index is 0.000207. The number of hydrogen-bond acceptors (Lipinski definition) is 6. The number of piperidine rings is 1. The van der Waals surface area contributed by atoms with Gasteiger partial charge in [0, 0.05) is 32.6 Å². The van der Waals surface area contributed by atoms with Crippen LogP contribution in [0, 0.1) is 24.0 Å². The first-order chi connectivity index (χ1) is 16.9. The number of thiazole rings is 1. The van der Waals surface area contributed by atoms with E-state index in [0.717, 1.165) is 5.69 Å². The number of anilines is 2. The fraction of sp³-hybridized carbons (Fsp3) is 0.375. The van der Waals surface area contributed by atoms with Gasteiger partial charge in [-0.2, -0.15) is 0 Å². The van der Waals surface area contributed by atoms with Crippen LogP contribution in [0.15, 0.2) is 35.7 Å². The third kappa shape index (κ3) is 5.21. The summed E-state index contributed by atoms with van der Waals surface area (Å²) in [6.45, 7) is 1.32. The summed E-state index contributed by atoms with van der Waals surface area (Å²) in [5.74, 6) is -2.24. The zero-order valence-corrected chi connectivity index (χ0v) is 20.2. The molecular formula is C24H25ClF2N4O2S. The Morgan fingerprint density at radius 1 is 1.38 bits per heavy atom. The highest BCUT2D eigenvalue weighted by Crippen LogP contribution is 2.39. The highest BCUT2D eigenvalue weighted by Gasteiger charge is 2.45. The molecule has 1 saturated heterocycles. The molecule has 2 unspecified atom stereocenters. The topological polar surface area (TPSA) is 78.4 Å². The van der Waals surface area contributed by atoms with Crippen molar-refractivity contribution in [2.24, 2.45) is 5.41 Å². The standard InChI is InChI=1S/C24H25ClF2N4O2S/c1-14-13-34-23(28-14)30-20-7-6-18(26)19(29-20)11-24(22(32)33)8-9-31(15(2)10-24)12-16-4-3-5-17(25)21(16)27/h3-7,13,15H,8-12H2,1-2H3,(H,32,33)(H,28,29,30)/i12D2. The number of aryl methyl sites for hydroxylation is 1. The molecule has 0 saturated carbocycles. The van der Waals surface area contributed by atoms with Gasteiger partial charge < -0.3 is 10.4 Å². The first-order valence-electron chi connectivity index (χ1n) is 11.7. The summed E-state index contributed by atoms with van der Waals surface area (Å²) in [6.07, 6.45) is -0.124. The summed E-state index contributed by atoms with van der Waals surface area (Å²) in [5, 5.41) is 15.5. The van der Waals surface area contributed by atoms with Gasteiger partial charge in [-0.05, 0) is 51.4 Å². The van der Waals surface area contributed by atoms with E-state index in [1.165, 1.54) is 46.6 Å². The van der Waals surface area contributed by atoms with Crippen molar-refractivity contribution in [2.45, 2.75) is 45.6 Å². The van der Waals surface area contributed by atoms with Crippen LogP contribution in [0.5, 0.6) is 0 Å². The number of carbonyl (C=O) groups is 1. The van der Waals surface area contributed by atoms with E-state index in [1.54, 1.807) is 6.92 Å². The molecule has 6 nitrogen and oxygen atoms in total. The van der Waals surface area contributed by atoms with E-state index in [9.17, 15) is 18.7 Å². The zero-order valence-electron chi connectivity index (χ0n) is 20.6. The Labute approximate surface area is 208 Å². The number of carboxylic acids is 1. The lowest BCUT2D eigenvalue weighted by Gasteiger charge is -2.43. The Morgan fingerprint density at radius 3 is 2.85 bits per heavy atom. The summed E-state index contributed by atoms with van der Waals surface area (Å²) in [7, 11) is 0. The van der Waals surface area contributed by atoms with Crippen molar-refractivity contribution in [3.8, 4) is 0 Å². The Bertz CT molecular complexity index is 1290. The van der Waals surface area contributed by atoms with Gasteiger partial charge in [-0.15, -0.1) is 11.3 Å². The first kappa shape index (κ1) is 21.9. The van der Waals surface area contributed by atoms with E-state index in [4.69, 9.17) is 14.3 Å². The number of benzene rings is 1. The number of nitrogens with zero attached hydrogens (tertiary/aromatic N) is 3. The number of pyridine rings is 1. The van der Waals surface area contributed by atoms with E-state index < -0.39 is 35.6 Å². The van der Waals surface area contributed by atoms with Crippen molar-refractivity contribution in [1.82, 2.24) is 14.9 Å². The fourth-order valence-electron chi connectivity index (χ4n) is 4.19. The SMILES string of the molecule is [2H]C([2H])(c1cccc(Cl)c1F)N1CCC(Cc2nc(Nc3nc(C)cs3)ccc2F)(C(=O)O)CC1C. The lowest BCUT2D eigenvalue weighted by molar-refractivity contribution is -0.153. The Kier molecular flexibility index (Phi) is 6.39. The molecule has 0 aliphatic carbocycles. The molecule has 0 bridgehead atoms. The normalized spacial score (nSPS) is 22.2. The van der Waals surface area contributed by atoms with Gasteiger partial charge in [-0.25, -0.2) is 18.7 Å². The molecule has 180 valence electrons. The number of rotatable bonds is 7. The molecule has 1 aliphatic rings. The summed E-state index contributed by atoms with van der Waals surface area (Å²) >= 11 is 7.23. The van der Waals surface area contributed by atoms with Gasteiger partial charge in [0.1, 0.15) is 17.5 Å². The lowest BCUT2D eigenvalue weighted by Crippen LogP contribution is -2.50. The highest BCUT2D eigenvalue weighted by molar-refractivity contribution is 7.13. The molecule has 1 aromatic carbocycles. The number of halogens is 3. The van der Waals surface area contributed by atoms with E-state index in [-0.39, 0.29) is 42.1 Å². The van der Waals surface area contributed by atoms with Gasteiger partial charge in [-0.1, -0.05) is 23.7 Å². The molecule has 3 aromatic rings. The molecule has 34 heavy (non-hydrogen) atoms. The second-order valence-corrected chi connectivity index (χ2v) is 9.78. The maximum absolute atomic E-state index is 14.7. The minimum atomic E-state index is -2.22. The van der Waals surface area contributed by atoms with Crippen molar-refractivity contribution in [3.63, 3.8) is 0 Å². The van der Waals surface area contributed by atoms with Gasteiger partial charge in [0.2, 0.25) is 0 Å². The largest absolute Gasteiger partial charge is 0.481 e. The Balaban J connectivity index is 1.58. The predicted molar refractivity (Wildman–Crippen MR) is 129 cm³/mol. The maximum atomic E-state index is 14.7. The lowest BCUT2D eigenvalue weighted by atomic mass is 9.72. The molecular weight excluding hydrogens is 482 g/mol. The number of nitrogens with one attached hydrogen (secondary N) is 1. The van der Waals surface area contributed by atoms with Gasteiger partial charge in [0.15, 0.2) is 5.13 Å². The van der Waals surface area contributed by atoms with Crippen LogP contribution in [0.25, 0.3) is 0 Å². The molecule has 2 aromatic heterocycles. The third-order valence-electron chi connectivity index (χ3n) is 6.00. The van der Waals surface area contributed by atoms with Gasteiger partial charge in [0.05, 0.1) is 21.8 Å². The predicted octanol–water partition coefficient (Wildman–Crippen LogP) is 5.82. The van der Waals surface area contributed by atoms with Crippen molar-refractivity contribution in [2.75, 3.05) is 11.9 Å².